The average Bonchev–Trinajstić information content (AvgIpc) is 2.40. The average molecular weight is 334 g/mol. The Kier molecular flexibility index (Phi) is 8.22. The number of hydrogen-bond acceptors (Lipinski definition) is 7. The Morgan fingerprint density at radius 2 is 1.35 bits per heavy atom. The molecule has 0 aliphatic carbocycles. The first-order valence-corrected chi connectivity index (χ1v) is 6.69. The largest absolute Gasteiger partial charge is 0.502 e. The number of hydrogen-bond donors (Lipinski definition) is 7. The lowest BCUT2D eigenvalue weighted by molar-refractivity contribution is -0.135. The number of aliphatic hydroxyl groups is 4. The first kappa shape index (κ1) is 20.8. The Morgan fingerprint density at radius 1 is 0.913 bits per heavy atom. The van der Waals surface area contributed by atoms with Gasteiger partial charge in [-0.1, -0.05) is 0 Å². The summed E-state index contributed by atoms with van der Waals surface area (Å²) in [5.74, 6) is -4.14. The number of aliphatic hydroxyl groups excluding tert-OH is 4. The second-order valence-corrected chi connectivity index (χ2v) is 5.03. The maximum atomic E-state index is 11.2. The van der Waals surface area contributed by atoms with Gasteiger partial charge in [-0.15, -0.1) is 0 Å². The maximum absolute atomic E-state index is 11.2. The number of rotatable bonds is 8. The molecule has 10 nitrogen and oxygen atoms in total. The Labute approximate surface area is 132 Å². The summed E-state index contributed by atoms with van der Waals surface area (Å²) < 4.78 is 0. The molecule has 0 aliphatic rings. The van der Waals surface area contributed by atoms with Crippen LogP contribution in [-0.2, 0) is 14.4 Å². The summed E-state index contributed by atoms with van der Waals surface area (Å²) in [5, 5.41) is 52.0. The quantitative estimate of drug-likeness (QED) is 0.190. The molecular weight excluding hydrogens is 312 g/mol. The van der Waals surface area contributed by atoms with Gasteiger partial charge in [-0.2, -0.15) is 0 Å². The highest BCUT2D eigenvalue weighted by atomic mass is 16.4. The van der Waals surface area contributed by atoms with Gasteiger partial charge in [0, 0.05) is 13.8 Å². The van der Waals surface area contributed by atoms with E-state index >= 15 is 0 Å². The normalized spacial score (nSPS) is 18.3. The van der Waals surface area contributed by atoms with E-state index in [0.29, 0.717) is 6.08 Å². The summed E-state index contributed by atoms with van der Waals surface area (Å²) in [6.07, 6.45) is -4.19. The van der Waals surface area contributed by atoms with Gasteiger partial charge in [0.2, 0.25) is 11.8 Å². The minimum absolute atomic E-state index is 0.513. The van der Waals surface area contributed by atoms with E-state index in [1.807, 2.05) is 0 Å². The third-order valence-corrected chi connectivity index (χ3v) is 2.91. The number of carboxylic acids is 1. The van der Waals surface area contributed by atoms with Gasteiger partial charge < -0.3 is 36.2 Å². The zero-order valence-corrected chi connectivity index (χ0v) is 12.9. The lowest BCUT2D eigenvalue weighted by Crippen LogP contribution is -2.60. The summed E-state index contributed by atoms with van der Waals surface area (Å²) in [4.78, 5) is 32.9. The molecule has 10 heteroatoms. The molecule has 132 valence electrons. The van der Waals surface area contributed by atoms with Crippen LogP contribution in [-0.4, -0.2) is 73.7 Å². The maximum Gasteiger partial charge on any atom is 0.370 e. The van der Waals surface area contributed by atoms with Crippen LogP contribution in [0.1, 0.15) is 20.8 Å². The molecule has 0 saturated carbocycles. The van der Waals surface area contributed by atoms with Gasteiger partial charge in [-0.3, -0.25) is 9.59 Å². The molecule has 0 bridgehead atoms. The van der Waals surface area contributed by atoms with Gasteiger partial charge in [-0.25, -0.2) is 4.79 Å². The van der Waals surface area contributed by atoms with E-state index in [1.165, 1.54) is 6.92 Å². The van der Waals surface area contributed by atoms with E-state index < -0.39 is 53.9 Å². The third kappa shape index (κ3) is 7.08. The summed E-state index contributed by atoms with van der Waals surface area (Å²) in [6, 6.07) is -2.74. The molecule has 7 N–H and O–H groups in total. The van der Waals surface area contributed by atoms with Crippen molar-refractivity contribution in [2.24, 2.45) is 0 Å². The van der Waals surface area contributed by atoms with Gasteiger partial charge in [0.1, 0.15) is 0 Å². The SMILES string of the molecule is CC(=O)N[C@@H]([C@@H](O)[C@H](NC(C)=O)[C@@H](C)O)[C@H](O)C=C(O)C(=O)O. The Hall–Kier alpha value is -2.17. The number of carbonyl (C=O) groups is 3. The van der Waals surface area contributed by atoms with Crippen LogP contribution in [0.2, 0.25) is 0 Å². The Balaban J connectivity index is 5.50. The van der Waals surface area contributed by atoms with Crippen LogP contribution in [0, 0.1) is 0 Å². The molecule has 0 aliphatic heterocycles. The number of nitrogens with one attached hydrogen (secondary N) is 2. The second kappa shape index (κ2) is 9.08. The Bertz CT molecular complexity index is 477. The summed E-state index contributed by atoms with van der Waals surface area (Å²) in [7, 11) is 0. The number of aliphatic carboxylic acids is 1. The highest BCUT2D eigenvalue weighted by Crippen LogP contribution is 2.11. The predicted molar refractivity (Wildman–Crippen MR) is 77.3 cm³/mol. The predicted octanol–water partition coefficient (Wildman–Crippen LogP) is -2.38. The van der Waals surface area contributed by atoms with Crippen molar-refractivity contribution in [3.8, 4) is 0 Å². The van der Waals surface area contributed by atoms with Crippen LogP contribution in [0.4, 0.5) is 0 Å². The zero-order chi connectivity index (χ0) is 18.3. The van der Waals surface area contributed by atoms with Gasteiger partial charge >= 0.3 is 5.97 Å². The summed E-state index contributed by atoms with van der Waals surface area (Å²) in [6.45, 7) is 3.50. The molecule has 0 fully saturated rings. The van der Waals surface area contributed by atoms with Crippen molar-refractivity contribution in [2.45, 2.75) is 51.2 Å². The van der Waals surface area contributed by atoms with E-state index in [4.69, 9.17) is 10.2 Å². The zero-order valence-electron chi connectivity index (χ0n) is 12.9. The van der Waals surface area contributed by atoms with E-state index in [1.54, 1.807) is 0 Å². The highest BCUT2D eigenvalue weighted by Gasteiger charge is 2.36. The fraction of sp³-hybridized carbons (Fsp3) is 0.615. The minimum Gasteiger partial charge on any atom is -0.502 e. The van der Waals surface area contributed by atoms with Crippen molar-refractivity contribution in [2.75, 3.05) is 0 Å². The van der Waals surface area contributed by atoms with Crippen molar-refractivity contribution < 1.29 is 39.9 Å². The van der Waals surface area contributed by atoms with Crippen molar-refractivity contribution >= 4 is 17.8 Å². The fourth-order valence-electron chi connectivity index (χ4n) is 1.89. The molecule has 5 atom stereocenters. The van der Waals surface area contributed by atoms with E-state index in [-0.39, 0.29) is 0 Å². The standard InChI is InChI=1S/C13H22N2O8/c1-5(16)10(14-6(2)17)12(21)11(15-7(3)18)8(19)4-9(20)13(22)23/h4-5,8,10-12,16,19-21H,1-3H3,(H,14,17)(H,15,18)(H,22,23)/t5-,8-,10-,11-,12+/m1/s1. The summed E-state index contributed by atoms with van der Waals surface area (Å²) >= 11 is 0. The fourth-order valence-corrected chi connectivity index (χ4v) is 1.89. The monoisotopic (exact) mass is 334 g/mol. The number of amides is 2. The first-order chi connectivity index (χ1) is 10.5. The van der Waals surface area contributed by atoms with Crippen LogP contribution < -0.4 is 10.6 Å². The second-order valence-electron chi connectivity index (χ2n) is 5.03. The molecule has 0 radical (unpaired) electrons. The van der Waals surface area contributed by atoms with Gasteiger partial charge in [0.15, 0.2) is 5.76 Å². The molecule has 0 aromatic rings. The molecule has 0 spiro atoms. The van der Waals surface area contributed by atoms with E-state index in [2.05, 4.69) is 10.6 Å². The van der Waals surface area contributed by atoms with Crippen LogP contribution in [0.5, 0.6) is 0 Å². The van der Waals surface area contributed by atoms with Crippen molar-refractivity contribution in [1.82, 2.24) is 10.6 Å². The molecule has 0 heterocycles. The van der Waals surface area contributed by atoms with E-state index in [0.717, 1.165) is 13.8 Å². The van der Waals surface area contributed by atoms with Crippen LogP contribution in [0.15, 0.2) is 11.8 Å². The third-order valence-electron chi connectivity index (χ3n) is 2.91. The van der Waals surface area contributed by atoms with Crippen molar-refractivity contribution in [1.29, 1.82) is 0 Å². The topological polar surface area (TPSA) is 176 Å². The number of carbonyl (C=O) groups excluding carboxylic acids is 2. The Morgan fingerprint density at radius 3 is 1.70 bits per heavy atom. The highest BCUT2D eigenvalue weighted by molar-refractivity contribution is 5.83. The van der Waals surface area contributed by atoms with Crippen LogP contribution in [0.3, 0.4) is 0 Å². The van der Waals surface area contributed by atoms with Gasteiger partial charge in [0.25, 0.3) is 0 Å². The lowest BCUT2D eigenvalue weighted by atomic mass is 9.94. The van der Waals surface area contributed by atoms with Gasteiger partial charge in [-0.05, 0) is 13.0 Å². The van der Waals surface area contributed by atoms with E-state index in [9.17, 15) is 29.7 Å². The molecule has 0 aromatic carbocycles. The molecule has 0 aromatic heterocycles. The van der Waals surface area contributed by atoms with Crippen LogP contribution in [0.25, 0.3) is 0 Å². The molecule has 0 unspecified atom stereocenters. The first-order valence-electron chi connectivity index (χ1n) is 6.69. The molecular formula is C13H22N2O8. The molecule has 2 amide bonds. The minimum atomic E-state index is -1.79. The van der Waals surface area contributed by atoms with Crippen LogP contribution >= 0.6 is 0 Å². The number of carboxylic acid groups (broad SMARTS) is 1. The molecule has 0 saturated heterocycles. The smallest absolute Gasteiger partial charge is 0.370 e. The van der Waals surface area contributed by atoms with Crippen molar-refractivity contribution in [3.05, 3.63) is 11.8 Å². The lowest BCUT2D eigenvalue weighted by Gasteiger charge is -2.33. The van der Waals surface area contributed by atoms with Gasteiger partial charge in [0.05, 0.1) is 30.4 Å². The molecule has 23 heavy (non-hydrogen) atoms. The summed E-state index contributed by atoms with van der Waals surface area (Å²) in [5.41, 5.74) is 0. The molecule has 0 rings (SSSR count). The van der Waals surface area contributed by atoms with Crippen molar-refractivity contribution in [3.63, 3.8) is 0 Å².